The minimum Gasteiger partial charge on any atom is -0.480 e. The molecule has 0 atom stereocenters. The molecule has 1 fully saturated rings. The second-order valence-corrected chi connectivity index (χ2v) is 7.35. The molecule has 2 amide bonds. The molecule has 0 radical (unpaired) electrons. The fraction of sp³-hybridized carbons (Fsp3) is 0.867. The number of urea groups is 1. The topological polar surface area (TPSA) is 69.6 Å². The lowest BCUT2D eigenvalue weighted by molar-refractivity contribution is -0.137. The quantitative estimate of drug-likeness (QED) is 0.787. The van der Waals surface area contributed by atoms with Gasteiger partial charge in [0.1, 0.15) is 6.54 Å². The Labute approximate surface area is 121 Å². The number of carbonyl (C=O) groups is 2. The summed E-state index contributed by atoms with van der Waals surface area (Å²) in [4.78, 5) is 24.3. The van der Waals surface area contributed by atoms with Crippen molar-refractivity contribution in [3.8, 4) is 0 Å². The Bertz CT molecular complexity index is 375. The van der Waals surface area contributed by atoms with E-state index in [1.165, 1.54) is 4.90 Å². The van der Waals surface area contributed by atoms with E-state index in [0.29, 0.717) is 19.0 Å². The maximum absolute atomic E-state index is 12.1. The first-order chi connectivity index (χ1) is 9.00. The average Bonchev–Trinajstić information content (AvgIpc) is 2.64. The van der Waals surface area contributed by atoms with Crippen LogP contribution in [0.25, 0.3) is 0 Å². The Morgan fingerprint density at radius 2 is 1.70 bits per heavy atom. The summed E-state index contributed by atoms with van der Waals surface area (Å²) >= 11 is 0. The van der Waals surface area contributed by atoms with Gasteiger partial charge in [0.2, 0.25) is 0 Å². The molecule has 0 bridgehead atoms. The van der Waals surface area contributed by atoms with Crippen LogP contribution in [0.15, 0.2) is 0 Å². The summed E-state index contributed by atoms with van der Waals surface area (Å²) in [7, 11) is 0. The Balaban J connectivity index is 2.53. The van der Waals surface area contributed by atoms with Gasteiger partial charge >= 0.3 is 12.0 Å². The molecule has 0 saturated heterocycles. The van der Waals surface area contributed by atoms with E-state index in [-0.39, 0.29) is 29.3 Å². The highest BCUT2D eigenvalue weighted by atomic mass is 16.4. The van der Waals surface area contributed by atoms with Crippen molar-refractivity contribution in [3.63, 3.8) is 0 Å². The van der Waals surface area contributed by atoms with E-state index in [1.54, 1.807) is 0 Å². The Kier molecular flexibility index (Phi) is 4.72. The molecule has 116 valence electrons. The third-order valence-electron chi connectivity index (χ3n) is 4.98. The molecule has 1 rings (SSSR count). The fourth-order valence-electron chi connectivity index (χ4n) is 2.97. The van der Waals surface area contributed by atoms with E-state index >= 15 is 0 Å². The van der Waals surface area contributed by atoms with Crippen molar-refractivity contribution in [2.75, 3.05) is 19.6 Å². The highest BCUT2D eigenvalue weighted by Gasteiger charge is 2.64. The van der Waals surface area contributed by atoms with E-state index in [2.05, 4.69) is 33.0 Å². The minimum atomic E-state index is -0.979. The van der Waals surface area contributed by atoms with Gasteiger partial charge in [-0.1, -0.05) is 41.5 Å². The third-order valence-corrected chi connectivity index (χ3v) is 4.98. The van der Waals surface area contributed by atoms with E-state index < -0.39 is 5.97 Å². The van der Waals surface area contributed by atoms with Crippen molar-refractivity contribution in [2.24, 2.45) is 22.7 Å². The molecule has 5 nitrogen and oxygen atoms in total. The summed E-state index contributed by atoms with van der Waals surface area (Å²) in [5.41, 5.74) is 0.436. The van der Waals surface area contributed by atoms with Gasteiger partial charge in [-0.25, -0.2) is 4.79 Å². The zero-order valence-corrected chi connectivity index (χ0v) is 13.5. The summed E-state index contributed by atoms with van der Waals surface area (Å²) in [6.07, 6.45) is 0. The molecular formula is C15H28N2O3. The number of hydrogen-bond donors (Lipinski definition) is 2. The first kappa shape index (κ1) is 16.8. The summed E-state index contributed by atoms with van der Waals surface area (Å²) in [6, 6.07) is -0.278. The van der Waals surface area contributed by atoms with Gasteiger partial charge in [0.15, 0.2) is 0 Å². The van der Waals surface area contributed by atoms with E-state index in [9.17, 15) is 9.59 Å². The summed E-state index contributed by atoms with van der Waals surface area (Å²) in [6.45, 7) is 13.6. The molecule has 2 N–H and O–H groups in total. The van der Waals surface area contributed by atoms with E-state index in [1.807, 2.05) is 13.8 Å². The fourth-order valence-corrected chi connectivity index (χ4v) is 2.97. The Morgan fingerprint density at radius 3 is 2.05 bits per heavy atom. The van der Waals surface area contributed by atoms with Gasteiger partial charge in [-0.15, -0.1) is 0 Å². The summed E-state index contributed by atoms with van der Waals surface area (Å²) < 4.78 is 0. The van der Waals surface area contributed by atoms with Crippen molar-refractivity contribution >= 4 is 12.0 Å². The van der Waals surface area contributed by atoms with Crippen LogP contribution >= 0.6 is 0 Å². The maximum Gasteiger partial charge on any atom is 0.323 e. The molecular weight excluding hydrogens is 256 g/mol. The second kappa shape index (κ2) is 5.62. The predicted octanol–water partition coefficient (Wildman–Crippen LogP) is 2.42. The van der Waals surface area contributed by atoms with Crippen LogP contribution in [-0.2, 0) is 4.79 Å². The molecule has 0 aromatic heterocycles. The lowest BCUT2D eigenvalue weighted by Crippen LogP contribution is -2.45. The van der Waals surface area contributed by atoms with Crippen LogP contribution in [0.3, 0.4) is 0 Å². The number of rotatable bonds is 6. The SMILES string of the molecule is CC(C)CN(CC(=O)O)C(=O)NCC1C(C)(C)C1(C)C. The number of amides is 2. The molecule has 0 heterocycles. The van der Waals surface area contributed by atoms with Crippen LogP contribution in [0.4, 0.5) is 4.79 Å². The number of carbonyl (C=O) groups excluding carboxylic acids is 1. The number of nitrogens with zero attached hydrogens (tertiary/aromatic N) is 1. The molecule has 0 spiro atoms. The molecule has 1 aliphatic carbocycles. The van der Waals surface area contributed by atoms with Gasteiger partial charge in [0.05, 0.1) is 0 Å². The Hall–Kier alpha value is -1.26. The van der Waals surface area contributed by atoms with Gasteiger partial charge in [-0.2, -0.15) is 0 Å². The van der Waals surface area contributed by atoms with Crippen molar-refractivity contribution in [1.82, 2.24) is 10.2 Å². The molecule has 1 saturated carbocycles. The predicted molar refractivity (Wildman–Crippen MR) is 78.5 cm³/mol. The lowest BCUT2D eigenvalue weighted by Gasteiger charge is -2.23. The van der Waals surface area contributed by atoms with Gasteiger partial charge in [0, 0.05) is 13.1 Å². The van der Waals surface area contributed by atoms with Crippen molar-refractivity contribution in [1.29, 1.82) is 0 Å². The van der Waals surface area contributed by atoms with Crippen molar-refractivity contribution < 1.29 is 14.7 Å². The lowest BCUT2D eigenvalue weighted by atomic mass is 10.0. The van der Waals surface area contributed by atoms with Crippen molar-refractivity contribution in [3.05, 3.63) is 0 Å². The third kappa shape index (κ3) is 3.44. The summed E-state index contributed by atoms with van der Waals surface area (Å²) in [5, 5.41) is 11.8. The smallest absolute Gasteiger partial charge is 0.323 e. The standard InChI is InChI=1S/C15H28N2O3/c1-10(2)8-17(9-12(18)19)13(20)16-7-11-14(3,4)15(11,5)6/h10-11H,7-9H2,1-6H3,(H,16,20)(H,18,19). The van der Waals surface area contributed by atoms with Crippen molar-refractivity contribution in [2.45, 2.75) is 41.5 Å². The van der Waals surface area contributed by atoms with Crippen LogP contribution < -0.4 is 5.32 Å². The highest BCUT2D eigenvalue weighted by Crippen LogP contribution is 2.67. The largest absolute Gasteiger partial charge is 0.480 e. The zero-order valence-electron chi connectivity index (χ0n) is 13.5. The first-order valence-corrected chi connectivity index (χ1v) is 7.24. The number of nitrogens with one attached hydrogen (secondary N) is 1. The molecule has 0 unspecified atom stereocenters. The van der Waals surface area contributed by atoms with E-state index in [0.717, 1.165) is 0 Å². The van der Waals surface area contributed by atoms with Crippen LogP contribution in [0.2, 0.25) is 0 Å². The molecule has 5 heteroatoms. The average molecular weight is 284 g/mol. The van der Waals surface area contributed by atoms with Crippen LogP contribution in [0.1, 0.15) is 41.5 Å². The molecule has 0 aromatic rings. The second-order valence-electron chi connectivity index (χ2n) is 7.35. The first-order valence-electron chi connectivity index (χ1n) is 7.24. The van der Waals surface area contributed by atoms with Gasteiger partial charge in [-0.3, -0.25) is 4.79 Å². The monoisotopic (exact) mass is 284 g/mol. The number of carboxylic acids is 1. The molecule has 1 aliphatic rings. The molecule has 20 heavy (non-hydrogen) atoms. The maximum atomic E-state index is 12.1. The number of carboxylic acid groups (broad SMARTS) is 1. The normalized spacial score (nSPS) is 19.8. The van der Waals surface area contributed by atoms with E-state index in [4.69, 9.17) is 5.11 Å². The molecule has 0 aromatic carbocycles. The van der Waals surface area contributed by atoms with Gasteiger partial charge < -0.3 is 15.3 Å². The summed E-state index contributed by atoms with van der Waals surface area (Å²) in [5.74, 6) is -0.300. The minimum absolute atomic E-state index is 0.218. The van der Waals surface area contributed by atoms with Crippen LogP contribution in [0.5, 0.6) is 0 Å². The van der Waals surface area contributed by atoms with Gasteiger partial charge in [-0.05, 0) is 22.7 Å². The van der Waals surface area contributed by atoms with Crippen LogP contribution in [-0.4, -0.2) is 41.6 Å². The Morgan fingerprint density at radius 1 is 1.20 bits per heavy atom. The number of aliphatic carboxylic acids is 1. The molecule has 0 aliphatic heterocycles. The highest BCUT2D eigenvalue weighted by molar-refractivity contribution is 5.80. The number of hydrogen-bond acceptors (Lipinski definition) is 2. The van der Waals surface area contributed by atoms with Gasteiger partial charge in [0.25, 0.3) is 0 Å². The zero-order chi connectivity index (χ0) is 15.7. The van der Waals surface area contributed by atoms with Crippen LogP contribution in [0, 0.1) is 22.7 Å².